The molecule has 128 valence electrons. The van der Waals surface area contributed by atoms with Crippen LogP contribution in [0.15, 0.2) is 48.5 Å². The van der Waals surface area contributed by atoms with Crippen molar-refractivity contribution in [1.29, 1.82) is 0 Å². The Bertz CT molecular complexity index is 656. The van der Waals surface area contributed by atoms with E-state index in [9.17, 15) is 9.90 Å². The number of rotatable bonds is 3. The molecule has 1 heterocycles. The lowest BCUT2D eigenvalue weighted by molar-refractivity contribution is -0.655. The molecule has 0 aromatic heterocycles. The van der Waals surface area contributed by atoms with Gasteiger partial charge in [-0.25, -0.2) is 0 Å². The van der Waals surface area contributed by atoms with Gasteiger partial charge in [0, 0.05) is 5.02 Å². The van der Waals surface area contributed by atoms with E-state index in [-0.39, 0.29) is 5.56 Å². The van der Waals surface area contributed by atoms with Crippen molar-refractivity contribution < 1.29 is 20.0 Å². The molecule has 2 aromatic rings. The number of para-hydroxylation sites is 2. The molecule has 1 fully saturated rings. The Labute approximate surface area is 146 Å². The van der Waals surface area contributed by atoms with Gasteiger partial charge in [0.05, 0.1) is 44.9 Å². The third-order valence-electron chi connectivity index (χ3n) is 3.71. The van der Waals surface area contributed by atoms with Gasteiger partial charge in [-0.3, -0.25) is 0 Å². The molecule has 0 radical (unpaired) electrons. The van der Waals surface area contributed by atoms with Crippen LogP contribution in [0.1, 0.15) is 10.4 Å². The van der Waals surface area contributed by atoms with Gasteiger partial charge in [-0.2, -0.15) is 0 Å². The number of hydrogen-bond acceptors (Lipinski definition) is 4. The monoisotopic (exact) mass is 348 g/mol. The Balaban J connectivity index is 0.000000185. The Morgan fingerprint density at radius 1 is 1.12 bits per heavy atom. The number of piperazine rings is 1. The van der Waals surface area contributed by atoms with Crippen LogP contribution in [0.25, 0.3) is 0 Å². The molecule has 1 saturated heterocycles. The van der Waals surface area contributed by atoms with E-state index in [1.807, 2.05) is 12.1 Å². The number of carboxylic acids is 1. The van der Waals surface area contributed by atoms with Gasteiger partial charge in [-0.05, 0) is 29.8 Å². The first-order valence-corrected chi connectivity index (χ1v) is 8.16. The van der Waals surface area contributed by atoms with Crippen LogP contribution >= 0.6 is 11.6 Å². The number of anilines is 1. The number of carboxylic acid groups (broad SMARTS) is 1. The van der Waals surface area contributed by atoms with Gasteiger partial charge in [0.2, 0.25) is 0 Å². The van der Waals surface area contributed by atoms with Gasteiger partial charge in [0.25, 0.3) is 0 Å². The largest absolute Gasteiger partial charge is 0.545 e. The molecule has 0 saturated carbocycles. The quantitative estimate of drug-likeness (QED) is 0.890. The van der Waals surface area contributed by atoms with E-state index in [2.05, 4.69) is 22.3 Å². The summed E-state index contributed by atoms with van der Waals surface area (Å²) in [6, 6.07) is 14.0. The highest BCUT2D eigenvalue weighted by atomic mass is 35.5. The Hall–Kier alpha value is -2.24. The molecule has 0 atom stereocenters. The van der Waals surface area contributed by atoms with Crippen LogP contribution in [0.3, 0.4) is 0 Å². The fraction of sp³-hybridized carbons (Fsp3) is 0.278. The van der Waals surface area contributed by atoms with Gasteiger partial charge in [0.1, 0.15) is 5.75 Å². The second-order valence-electron chi connectivity index (χ2n) is 5.32. The van der Waals surface area contributed by atoms with Crippen LogP contribution in [0, 0.1) is 0 Å². The number of aromatic carboxylic acids is 1. The zero-order valence-electron chi connectivity index (χ0n) is 13.6. The first kappa shape index (κ1) is 18.1. The third-order valence-corrected chi connectivity index (χ3v) is 3.96. The number of halogens is 1. The first-order chi connectivity index (χ1) is 11.6. The number of methoxy groups -OCH3 is 1. The van der Waals surface area contributed by atoms with Crippen molar-refractivity contribution >= 4 is 23.3 Å². The van der Waals surface area contributed by atoms with Crippen molar-refractivity contribution in [2.75, 3.05) is 38.2 Å². The van der Waals surface area contributed by atoms with E-state index in [0.717, 1.165) is 18.8 Å². The van der Waals surface area contributed by atoms with Gasteiger partial charge in [0.15, 0.2) is 0 Å². The summed E-state index contributed by atoms with van der Waals surface area (Å²) < 4.78 is 5.35. The molecular weight excluding hydrogens is 328 g/mol. The van der Waals surface area contributed by atoms with Crippen LogP contribution in [0.5, 0.6) is 5.75 Å². The molecule has 1 aliphatic heterocycles. The zero-order chi connectivity index (χ0) is 17.4. The highest BCUT2D eigenvalue weighted by Gasteiger charge is 2.15. The molecule has 2 N–H and O–H groups in total. The summed E-state index contributed by atoms with van der Waals surface area (Å²) >= 11 is 5.50. The summed E-state index contributed by atoms with van der Waals surface area (Å²) in [6.45, 7) is 4.58. The van der Waals surface area contributed by atoms with Gasteiger partial charge >= 0.3 is 0 Å². The fourth-order valence-corrected chi connectivity index (χ4v) is 2.59. The molecule has 3 rings (SSSR count). The molecule has 2 aromatic carbocycles. The smallest absolute Gasteiger partial charge is 0.142 e. The maximum absolute atomic E-state index is 10.2. The summed E-state index contributed by atoms with van der Waals surface area (Å²) in [5, 5.41) is 13.0. The summed E-state index contributed by atoms with van der Waals surface area (Å²) in [5.41, 5.74) is 1.37. The zero-order valence-corrected chi connectivity index (χ0v) is 14.3. The topological polar surface area (TPSA) is 69.2 Å². The second kappa shape index (κ2) is 9.15. The lowest BCUT2D eigenvalue weighted by atomic mass is 10.2. The minimum absolute atomic E-state index is 0.143. The predicted molar refractivity (Wildman–Crippen MR) is 92.6 cm³/mol. The van der Waals surface area contributed by atoms with E-state index >= 15 is 0 Å². The van der Waals surface area contributed by atoms with Crippen molar-refractivity contribution in [3.63, 3.8) is 0 Å². The lowest BCUT2D eigenvalue weighted by Gasteiger charge is -2.28. The van der Waals surface area contributed by atoms with Crippen molar-refractivity contribution in [2.45, 2.75) is 0 Å². The number of nitrogens with zero attached hydrogens (tertiary/aromatic N) is 1. The first-order valence-electron chi connectivity index (χ1n) is 7.78. The molecule has 1 aliphatic rings. The van der Waals surface area contributed by atoms with Crippen molar-refractivity contribution in [3.05, 3.63) is 59.1 Å². The summed E-state index contributed by atoms with van der Waals surface area (Å²) in [5.74, 6) is -0.203. The fourth-order valence-electron chi connectivity index (χ4n) is 2.47. The Kier molecular flexibility index (Phi) is 6.90. The number of carbonyl (C=O) groups excluding carboxylic acids is 1. The predicted octanol–water partition coefficient (Wildman–Crippen LogP) is 0.782. The van der Waals surface area contributed by atoms with Crippen LogP contribution in [0.4, 0.5) is 5.69 Å². The minimum atomic E-state index is -1.18. The third kappa shape index (κ3) is 5.15. The lowest BCUT2D eigenvalue weighted by Crippen LogP contribution is -2.89. The number of carbonyl (C=O) groups is 1. The van der Waals surface area contributed by atoms with Gasteiger partial charge in [-0.1, -0.05) is 35.9 Å². The molecule has 24 heavy (non-hydrogen) atoms. The highest BCUT2D eigenvalue weighted by molar-refractivity contribution is 6.30. The number of hydrogen-bond donors (Lipinski definition) is 1. The Morgan fingerprint density at radius 3 is 2.33 bits per heavy atom. The summed E-state index contributed by atoms with van der Waals surface area (Å²) in [4.78, 5) is 12.5. The van der Waals surface area contributed by atoms with Gasteiger partial charge < -0.3 is 24.9 Å². The Morgan fingerprint density at radius 2 is 1.75 bits per heavy atom. The van der Waals surface area contributed by atoms with Gasteiger partial charge in [-0.15, -0.1) is 0 Å². The normalized spacial score (nSPS) is 13.7. The molecule has 0 unspecified atom stereocenters. The van der Waals surface area contributed by atoms with Crippen molar-refractivity contribution in [3.8, 4) is 5.75 Å². The van der Waals surface area contributed by atoms with Crippen LogP contribution < -0.4 is 20.1 Å². The summed E-state index contributed by atoms with van der Waals surface area (Å²) in [6.07, 6.45) is 0. The number of benzene rings is 2. The standard InChI is InChI=1S/C11H16N2O.C7H5ClO2/c1-14-11-5-3-2-4-10(11)13-8-6-12-7-9-13;8-6-3-1-5(2-4-6)7(9)10/h2-5,12H,6-9H2,1H3;1-4H,(H,9,10). The highest BCUT2D eigenvalue weighted by Crippen LogP contribution is 2.27. The number of nitrogens with two attached hydrogens (primary N) is 1. The molecule has 0 amide bonds. The maximum Gasteiger partial charge on any atom is 0.142 e. The van der Waals surface area contributed by atoms with E-state index in [0.29, 0.717) is 5.02 Å². The second-order valence-corrected chi connectivity index (χ2v) is 5.76. The minimum Gasteiger partial charge on any atom is -0.545 e. The van der Waals surface area contributed by atoms with Crippen molar-refractivity contribution in [2.24, 2.45) is 0 Å². The summed E-state index contributed by atoms with van der Waals surface area (Å²) in [7, 11) is 1.73. The van der Waals surface area contributed by atoms with E-state index in [1.165, 1.54) is 43.0 Å². The number of ether oxygens (including phenoxy) is 1. The molecule has 0 bridgehead atoms. The molecule has 0 aliphatic carbocycles. The molecular formula is C18H21ClN2O3. The van der Waals surface area contributed by atoms with E-state index in [4.69, 9.17) is 16.3 Å². The van der Waals surface area contributed by atoms with E-state index in [1.54, 1.807) is 7.11 Å². The number of quaternary nitrogens is 1. The average molecular weight is 349 g/mol. The molecule has 5 nitrogen and oxygen atoms in total. The van der Waals surface area contributed by atoms with Crippen LogP contribution in [0.2, 0.25) is 5.02 Å². The molecule has 6 heteroatoms. The van der Waals surface area contributed by atoms with E-state index < -0.39 is 5.97 Å². The molecule has 0 spiro atoms. The van der Waals surface area contributed by atoms with Crippen molar-refractivity contribution in [1.82, 2.24) is 0 Å². The SMILES string of the molecule is COc1ccccc1N1CC[NH2+]CC1.O=C([O-])c1ccc(Cl)cc1. The maximum atomic E-state index is 10.2. The average Bonchev–Trinajstić information content (AvgIpc) is 2.63. The van der Waals surface area contributed by atoms with Crippen LogP contribution in [-0.4, -0.2) is 39.3 Å². The van der Waals surface area contributed by atoms with Crippen LogP contribution in [-0.2, 0) is 0 Å².